The lowest BCUT2D eigenvalue weighted by molar-refractivity contribution is -0.125. The molecule has 1 amide bonds. The van der Waals surface area contributed by atoms with Gasteiger partial charge in [0.05, 0.1) is 0 Å². The van der Waals surface area contributed by atoms with Gasteiger partial charge in [0.15, 0.2) is 0 Å². The Morgan fingerprint density at radius 2 is 2.00 bits per heavy atom. The fraction of sp³-hybridized carbons (Fsp3) is 0.643. The van der Waals surface area contributed by atoms with E-state index < -0.39 is 5.54 Å². The van der Waals surface area contributed by atoms with Crippen LogP contribution >= 0.6 is 0 Å². The Hall–Kier alpha value is -2.09. The minimum Gasteiger partial charge on any atom is -0.349 e. The van der Waals surface area contributed by atoms with Crippen molar-refractivity contribution in [2.75, 3.05) is 33.7 Å². The second kappa shape index (κ2) is 5.60. The van der Waals surface area contributed by atoms with E-state index in [0.717, 1.165) is 32.5 Å². The van der Waals surface area contributed by atoms with E-state index in [0.29, 0.717) is 12.5 Å². The van der Waals surface area contributed by atoms with Gasteiger partial charge < -0.3 is 14.8 Å². The van der Waals surface area contributed by atoms with E-state index in [1.165, 1.54) is 0 Å². The molecule has 1 aromatic heterocycles. The van der Waals surface area contributed by atoms with Crippen LogP contribution in [0.3, 0.4) is 0 Å². The van der Waals surface area contributed by atoms with E-state index in [4.69, 9.17) is 0 Å². The van der Waals surface area contributed by atoms with Crippen LogP contribution in [-0.2, 0) is 11.3 Å². The highest BCUT2D eigenvalue weighted by Crippen LogP contribution is 2.30. The van der Waals surface area contributed by atoms with Gasteiger partial charge in [-0.25, -0.2) is 9.79 Å². The first-order chi connectivity index (χ1) is 10.5. The minimum atomic E-state index is -0.596. The lowest BCUT2D eigenvalue weighted by Crippen LogP contribution is -2.49. The van der Waals surface area contributed by atoms with Crippen molar-refractivity contribution in [3.63, 3.8) is 0 Å². The molecule has 0 saturated carbocycles. The lowest BCUT2D eigenvalue weighted by atomic mass is 9.88. The molecule has 22 heavy (non-hydrogen) atoms. The molecule has 3 heterocycles. The van der Waals surface area contributed by atoms with Crippen molar-refractivity contribution in [1.82, 2.24) is 24.7 Å². The van der Waals surface area contributed by atoms with Gasteiger partial charge in [-0.3, -0.25) is 14.7 Å². The highest BCUT2D eigenvalue weighted by molar-refractivity contribution is 6.07. The number of nitrogens with zero attached hydrogens (tertiary/aromatic N) is 4. The summed E-state index contributed by atoms with van der Waals surface area (Å²) in [7, 11) is 3.75. The quantitative estimate of drug-likeness (QED) is 0.754. The number of carbonyl (C=O) groups is 1. The summed E-state index contributed by atoms with van der Waals surface area (Å²) in [6.45, 7) is 3.10. The first-order valence-electron chi connectivity index (χ1n) is 7.55. The number of imidazole rings is 1. The van der Waals surface area contributed by atoms with Crippen molar-refractivity contribution < 1.29 is 4.79 Å². The molecule has 0 bridgehead atoms. The molecule has 2 N–H and O–H groups in total. The Morgan fingerprint density at radius 3 is 2.55 bits per heavy atom. The number of aromatic amines is 1. The Morgan fingerprint density at radius 1 is 1.27 bits per heavy atom. The third-order valence-electron chi connectivity index (χ3n) is 4.45. The predicted molar refractivity (Wildman–Crippen MR) is 82.7 cm³/mol. The van der Waals surface area contributed by atoms with Gasteiger partial charge >= 0.3 is 5.69 Å². The number of amides is 1. The summed E-state index contributed by atoms with van der Waals surface area (Å²) in [5.41, 5.74) is -0.676. The molecule has 1 saturated heterocycles. The molecule has 1 spiro atoms. The third-order valence-corrected chi connectivity index (χ3v) is 4.45. The number of carbonyl (C=O) groups excluding carboxylic acids is 1. The Labute approximate surface area is 128 Å². The molecule has 8 nitrogen and oxygen atoms in total. The molecule has 1 aromatic rings. The normalized spacial score (nSPS) is 21.0. The first-order valence-corrected chi connectivity index (χ1v) is 7.55. The molecule has 0 radical (unpaired) electrons. The number of hydrogen-bond donors (Lipinski definition) is 2. The maximum Gasteiger partial charge on any atom is 0.325 e. The topological polar surface area (TPSA) is 85.7 Å². The van der Waals surface area contributed by atoms with Crippen LogP contribution in [0.1, 0.15) is 12.8 Å². The fourth-order valence-corrected chi connectivity index (χ4v) is 2.97. The monoisotopic (exact) mass is 306 g/mol. The van der Waals surface area contributed by atoms with Crippen LogP contribution in [0.25, 0.3) is 0 Å². The molecule has 0 aliphatic carbocycles. The largest absolute Gasteiger partial charge is 0.349 e. The van der Waals surface area contributed by atoms with Gasteiger partial charge in [0, 0.05) is 52.7 Å². The zero-order chi connectivity index (χ0) is 15.7. The molecule has 3 rings (SSSR count). The number of guanidine groups is 1. The van der Waals surface area contributed by atoms with Crippen LogP contribution in [0.5, 0.6) is 0 Å². The van der Waals surface area contributed by atoms with Crippen LogP contribution in [0.15, 0.2) is 22.2 Å². The number of hydrogen-bond acceptors (Lipinski definition) is 5. The standard InChI is InChI=1S/C14H22N6O2/c1-18(2)12-16-11(21)14(17-12)3-6-19(7-4-14)9-10-20-8-5-15-13(20)22/h5,8H,3-4,6-7,9-10H2,1-2H3,(H,15,22)(H,16,17,21). The zero-order valence-electron chi connectivity index (χ0n) is 13.0. The molecule has 0 atom stereocenters. The summed E-state index contributed by atoms with van der Waals surface area (Å²) in [6.07, 6.45) is 4.84. The van der Waals surface area contributed by atoms with E-state index in [1.807, 2.05) is 19.0 Å². The van der Waals surface area contributed by atoms with Gasteiger partial charge in [-0.05, 0) is 12.8 Å². The molecule has 8 heteroatoms. The predicted octanol–water partition coefficient (Wildman–Crippen LogP) is -0.942. The molecule has 120 valence electrons. The van der Waals surface area contributed by atoms with Crippen molar-refractivity contribution in [1.29, 1.82) is 0 Å². The van der Waals surface area contributed by atoms with Crippen molar-refractivity contribution in [3.05, 3.63) is 22.9 Å². The van der Waals surface area contributed by atoms with E-state index >= 15 is 0 Å². The van der Waals surface area contributed by atoms with Crippen LogP contribution in [0.4, 0.5) is 0 Å². The molecular weight excluding hydrogens is 284 g/mol. The van der Waals surface area contributed by atoms with Gasteiger partial charge in [-0.1, -0.05) is 0 Å². The van der Waals surface area contributed by atoms with Gasteiger partial charge in [-0.15, -0.1) is 0 Å². The second-order valence-electron chi connectivity index (χ2n) is 6.12. The van der Waals surface area contributed by atoms with Crippen molar-refractivity contribution >= 4 is 11.9 Å². The summed E-state index contributed by atoms with van der Waals surface area (Å²) < 4.78 is 1.66. The van der Waals surface area contributed by atoms with Gasteiger partial charge in [-0.2, -0.15) is 0 Å². The number of aromatic nitrogens is 2. The lowest BCUT2D eigenvalue weighted by Gasteiger charge is -2.35. The van der Waals surface area contributed by atoms with Crippen LogP contribution in [-0.4, -0.2) is 70.5 Å². The summed E-state index contributed by atoms with van der Waals surface area (Å²) in [5.74, 6) is 0.662. The first kappa shape index (κ1) is 14.8. The SMILES string of the molecule is CN(C)C1=NC2(CCN(CCn3cc[nH]c3=O)CC2)C(=O)N1. The van der Waals surface area contributed by atoms with Crippen molar-refractivity contribution in [2.24, 2.45) is 4.99 Å². The smallest absolute Gasteiger partial charge is 0.325 e. The van der Waals surface area contributed by atoms with E-state index in [2.05, 4.69) is 20.2 Å². The minimum absolute atomic E-state index is 0.0118. The molecule has 1 fully saturated rings. The maximum atomic E-state index is 12.2. The fourth-order valence-electron chi connectivity index (χ4n) is 2.97. The number of nitrogens with one attached hydrogen (secondary N) is 2. The maximum absolute atomic E-state index is 12.2. The molecule has 2 aliphatic rings. The molecule has 0 unspecified atom stereocenters. The number of H-pyrrole nitrogens is 1. The molecule has 0 aromatic carbocycles. The van der Waals surface area contributed by atoms with Crippen LogP contribution < -0.4 is 11.0 Å². The third kappa shape index (κ3) is 2.66. The molecular formula is C14H22N6O2. The highest BCUT2D eigenvalue weighted by atomic mass is 16.2. The van der Waals surface area contributed by atoms with Crippen LogP contribution in [0, 0.1) is 0 Å². The number of rotatable bonds is 3. The summed E-state index contributed by atoms with van der Waals surface area (Å²) >= 11 is 0. The summed E-state index contributed by atoms with van der Waals surface area (Å²) in [6, 6.07) is 0. The van der Waals surface area contributed by atoms with Crippen molar-refractivity contribution in [3.8, 4) is 0 Å². The summed E-state index contributed by atoms with van der Waals surface area (Å²) in [4.78, 5) is 35.0. The summed E-state index contributed by atoms with van der Waals surface area (Å²) in [5, 5.41) is 2.86. The second-order valence-corrected chi connectivity index (χ2v) is 6.12. The highest BCUT2D eigenvalue weighted by Gasteiger charge is 2.46. The van der Waals surface area contributed by atoms with E-state index in [-0.39, 0.29) is 11.6 Å². The van der Waals surface area contributed by atoms with Crippen molar-refractivity contribution in [2.45, 2.75) is 24.9 Å². The van der Waals surface area contributed by atoms with Gasteiger partial charge in [0.25, 0.3) is 5.91 Å². The molecule has 2 aliphatic heterocycles. The Kier molecular flexibility index (Phi) is 3.78. The number of piperidine rings is 1. The van der Waals surface area contributed by atoms with Gasteiger partial charge in [0.2, 0.25) is 5.96 Å². The average molecular weight is 306 g/mol. The number of aliphatic imine (C=N–C) groups is 1. The Bertz CT molecular complexity index is 636. The van der Waals surface area contributed by atoms with Crippen LogP contribution in [0.2, 0.25) is 0 Å². The number of likely N-dealkylation sites (tertiary alicyclic amines) is 1. The Balaban J connectivity index is 1.57. The van der Waals surface area contributed by atoms with E-state index in [9.17, 15) is 9.59 Å². The average Bonchev–Trinajstić information content (AvgIpc) is 3.04. The van der Waals surface area contributed by atoms with Gasteiger partial charge in [0.1, 0.15) is 5.54 Å². The zero-order valence-corrected chi connectivity index (χ0v) is 13.0. The van der Waals surface area contributed by atoms with E-state index in [1.54, 1.807) is 17.0 Å².